The number of amides is 2. The number of piperidine rings is 1. The molecule has 2 aliphatic rings. The SMILES string of the molecule is O=C1CC2(CCN(CC(=O)Nc3ccccc3)CC2)OCCN1.O=CO. The molecule has 2 fully saturated rings. The molecular formula is C18H25N3O5. The predicted octanol–water partition coefficient (Wildman–Crippen LogP) is 0.697. The molecule has 0 radical (unpaired) electrons. The fourth-order valence-corrected chi connectivity index (χ4v) is 3.23. The fraction of sp³-hybridized carbons (Fsp3) is 0.500. The van der Waals surface area contributed by atoms with Crippen LogP contribution < -0.4 is 10.6 Å². The lowest BCUT2D eigenvalue weighted by Gasteiger charge is -2.40. The summed E-state index contributed by atoms with van der Waals surface area (Å²) in [5.74, 6) is 0.0597. The second-order valence-corrected chi connectivity index (χ2v) is 6.35. The van der Waals surface area contributed by atoms with Crippen LogP contribution in [0, 0.1) is 0 Å². The third kappa shape index (κ3) is 6.12. The van der Waals surface area contributed by atoms with Crippen molar-refractivity contribution in [2.24, 2.45) is 0 Å². The van der Waals surface area contributed by atoms with Crippen LogP contribution in [0.25, 0.3) is 0 Å². The van der Waals surface area contributed by atoms with Gasteiger partial charge >= 0.3 is 0 Å². The van der Waals surface area contributed by atoms with Crippen molar-refractivity contribution in [2.75, 3.05) is 38.1 Å². The number of hydrogen-bond acceptors (Lipinski definition) is 5. The number of carboxylic acid groups (broad SMARTS) is 1. The lowest BCUT2D eigenvalue weighted by Crippen LogP contribution is -2.48. The molecule has 0 aliphatic carbocycles. The Kier molecular flexibility index (Phi) is 7.55. The molecule has 8 heteroatoms. The van der Waals surface area contributed by atoms with Gasteiger partial charge in [0.15, 0.2) is 0 Å². The van der Waals surface area contributed by atoms with Crippen molar-refractivity contribution in [2.45, 2.75) is 24.9 Å². The average Bonchev–Trinajstić information content (AvgIpc) is 2.80. The van der Waals surface area contributed by atoms with Crippen molar-refractivity contribution in [3.63, 3.8) is 0 Å². The number of nitrogens with zero attached hydrogens (tertiary/aromatic N) is 1. The third-order valence-electron chi connectivity index (χ3n) is 4.51. The molecule has 0 bridgehead atoms. The maximum atomic E-state index is 12.1. The monoisotopic (exact) mass is 363 g/mol. The van der Waals surface area contributed by atoms with E-state index in [-0.39, 0.29) is 23.9 Å². The van der Waals surface area contributed by atoms with Gasteiger partial charge in [-0.25, -0.2) is 0 Å². The minimum atomic E-state index is -0.340. The first-order valence-electron chi connectivity index (χ1n) is 8.63. The molecule has 2 amide bonds. The van der Waals surface area contributed by atoms with Gasteiger partial charge in [-0.15, -0.1) is 0 Å². The van der Waals surface area contributed by atoms with Gasteiger partial charge in [0, 0.05) is 25.3 Å². The van der Waals surface area contributed by atoms with E-state index in [1.165, 1.54) is 0 Å². The number of ether oxygens (including phenoxy) is 1. The summed E-state index contributed by atoms with van der Waals surface area (Å²) in [7, 11) is 0. The Balaban J connectivity index is 0.000000758. The van der Waals surface area contributed by atoms with Crippen molar-refractivity contribution in [3.8, 4) is 0 Å². The summed E-state index contributed by atoms with van der Waals surface area (Å²) >= 11 is 0. The molecule has 1 spiro atoms. The minimum absolute atomic E-state index is 0.00771. The molecule has 2 saturated heterocycles. The van der Waals surface area contributed by atoms with Gasteiger partial charge in [-0.2, -0.15) is 0 Å². The van der Waals surface area contributed by atoms with Gasteiger partial charge in [-0.3, -0.25) is 19.3 Å². The molecule has 26 heavy (non-hydrogen) atoms. The largest absolute Gasteiger partial charge is 0.483 e. The molecule has 1 aromatic rings. The van der Waals surface area contributed by atoms with Gasteiger partial charge in [0.2, 0.25) is 11.8 Å². The fourth-order valence-electron chi connectivity index (χ4n) is 3.23. The maximum Gasteiger partial charge on any atom is 0.290 e. The zero-order valence-electron chi connectivity index (χ0n) is 14.6. The van der Waals surface area contributed by atoms with E-state index in [4.69, 9.17) is 14.6 Å². The molecule has 2 aliphatic heterocycles. The van der Waals surface area contributed by atoms with Crippen LogP contribution in [0.3, 0.4) is 0 Å². The smallest absolute Gasteiger partial charge is 0.290 e. The first-order chi connectivity index (χ1) is 12.6. The first-order valence-corrected chi connectivity index (χ1v) is 8.63. The Morgan fingerprint density at radius 3 is 2.62 bits per heavy atom. The molecule has 0 saturated carbocycles. The summed E-state index contributed by atoms with van der Waals surface area (Å²) in [5, 5.41) is 12.6. The van der Waals surface area contributed by atoms with Gasteiger partial charge < -0.3 is 20.5 Å². The zero-order chi connectivity index (χ0) is 18.8. The number of carbonyl (C=O) groups excluding carboxylic acids is 2. The van der Waals surface area contributed by atoms with Gasteiger partial charge in [0.1, 0.15) is 0 Å². The van der Waals surface area contributed by atoms with E-state index in [0.717, 1.165) is 31.6 Å². The van der Waals surface area contributed by atoms with E-state index in [1.807, 2.05) is 30.3 Å². The molecule has 142 valence electrons. The second kappa shape index (κ2) is 9.88. The molecule has 1 aromatic carbocycles. The molecule has 3 N–H and O–H groups in total. The van der Waals surface area contributed by atoms with Gasteiger partial charge in [-0.05, 0) is 25.0 Å². The van der Waals surface area contributed by atoms with Crippen molar-refractivity contribution in [3.05, 3.63) is 30.3 Å². The van der Waals surface area contributed by atoms with E-state index in [0.29, 0.717) is 26.1 Å². The highest BCUT2D eigenvalue weighted by molar-refractivity contribution is 5.92. The molecule has 8 nitrogen and oxygen atoms in total. The van der Waals surface area contributed by atoms with E-state index in [2.05, 4.69) is 15.5 Å². The van der Waals surface area contributed by atoms with E-state index >= 15 is 0 Å². The number of para-hydroxylation sites is 1. The lowest BCUT2D eigenvalue weighted by atomic mass is 9.87. The van der Waals surface area contributed by atoms with E-state index in [1.54, 1.807) is 0 Å². The standard InChI is InChI=1S/C17H23N3O3.CH2O2/c21-15-12-17(23-11-8-18-15)6-9-20(10-7-17)13-16(22)19-14-4-2-1-3-5-14;2-1-3/h1-5H,6-13H2,(H,18,21)(H,19,22);1H,(H,2,3). The molecule has 3 rings (SSSR count). The van der Waals surface area contributed by atoms with Crippen molar-refractivity contribution in [1.29, 1.82) is 0 Å². The second-order valence-electron chi connectivity index (χ2n) is 6.35. The third-order valence-corrected chi connectivity index (χ3v) is 4.51. The number of anilines is 1. The summed E-state index contributed by atoms with van der Waals surface area (Å²) in [5.41, 5.74) is 0.474. The highest BCUT2D eigenvalue weighted by Crippen LogP contribution is 2.30. The lowest BCUT2D eigenvalue weighted by molar-refractivity contribution is -0.130. The summed E-state index contributed by atoms with van der Waals surface area (Å²) in [4.78, 5) is 34.3. The maximum absolute atomic E-state index is 12.1. The van der Waals surface area contributed by atoms with Crippen LogP contribution in [0.15, 0.2) is 30.3 Å². The summed E-state index contributed by atoms with van der Waals surface area (Å²) in [6.45, 7) is 2.83. The number of hydrogen-bond donors (Lipinski definition) is 3. The zero-order valence-corrected chi connectivity index (χ0v) is 14.6. The van der Waals surface area contributed by atoms with E-state index in [9.17, 15) is 9.59 Å². The molecule has 0 unspecified atom stereocenters. The number of rotatable bonds is 3. The summed E-state index contributed by atoms with van der Waals surface area (Å²) in [6.07, 6.45) is 2.01. The van der Waals surface area contributed by atoms with Gasteiger partial charge in [0.05, 0.1) is 25.2 Å². The number of carbonyl (C=O) groups is 3. The summed E-state index contributed by atoms with van der Waals surface area (Å²) < 4.78 is 5.94. The van der Waals surface area contributed by atoms with Crippen LogP contribution in [0.4, 0.5) is 5.69 Å². The Bertz CT molecular complexity index is 600. The molecule has 0 atom stereocenters. The minimum Gasteiger partial charge on any atom is -0.483 e. The van der Waals surface area contributed by atoms with Crippen LogP contribution in [-0.4, -0.2) is 66.7 Å². The Morgan fingerprint density at radius 2 is 1.96 bits per heavy atom. The van der Waals surface area contributed by atoms with Crippen LogP contribution in [0.5, 0.6) is 0 Å². The van der Waals surface area contributed by atoms with Crippen molar-refractivity contribution < 1.29 is 24.2 Å². The number of nitrogens with one attached hydrogen (secondary N) is 2. The Labute approximate surface area is 152 Å². The molecule has 2 heterocycles. The highest BCUT2D eigenvalue weighted by Gasteiger charge is 2.39. The van der Waals surface area contributed by atoms with Crippen LogP contribution in [0.2, 0.25) is 0 Å². The van der Waals surface area contributed by atoms with Crippen molar-refractivity contribution in [1.82, 2.24) is 10.2 Å². The Morgan fingerprint density at radius 1 is 1.31 bits per heavy atom. The normalized spacial score (nSPS) is 19.5. The average molecular weight is 363 g/mol. The topological polar surface area (TPSA) is 108 Å². The van der Waals surface area contributed by atoms with Gasteiger partial charge in [-0.1, -0.05) is 18.2 Å². The highest BCUT2D eigenvalue weighted by atomic mass is 16.5. The van der Waals surface area contributed by atoms with Crippen LogP contribution in [-0.2, 0) is 19.1 Å². The quantitative estimate of drug-likeness (QED) is 0.682. The number of benzene rings is 1. The first kappa shape index (κ1) is 19.9. The van der Waals surface area contributed by atoms with Gasteiger partial charge in [0.25, 0.3) is 6.47 Å². The predicted molar refractivity (Wildman–Crippen MR) is 95.7 cm³/mol. The molecular weight excluding hydrogens is 338 g/mol. The number of likely N-dealkylation sites (tertiary alicyclic amines) is 1. The van der Waals surface area contributed by atoms with E-state index < -0.39 is 0 Å². The van der Waals surface area contributed by atoms with Crippen LogP contribution in [0.1, 0.15) is 19.3 Å². The van der Waals surface area contributed by atoms with Crippen molar-refractivity contribution >= 4 is 24.0 Å². The van der Waals surface area contributed by atoms with Crippen LogP contribution >= 0.6 is 0 Å². The Hall–Kier alpha value is -2.45. The molecule has 0 aromatic heterocycles. The summed E-state index contributed by atoms with van der Waals surface area (Å²) in [6, 6.07) is 9.47.